The number of aromatic nitrogens is 2. The Bertz CT molecular complexity index is 1280. The SMILES string of the molecule is C/C(=N/O)c1cccc(-c2cc(Nc3cccc(C)n3)c(C=N)c(N(C)C(=O)OC(C)(C)C)c2)n1. The molecule has 0 aliphatic carbocycles. The van der Waals surface area contributed by atoms with E-state index in [0.717, 1.165) is 5.69 Å². The number of anilines is 3. The Morgan fingerprint density at radius 2 is 1.89 bits per heavy atom. The van der Waals surface area contributed by atoms with E-state index in [0.29, 0.717) is 45.4 Å². The van der Waals surface area contributed by atoms with E-state index in [1.165, 1.54) is 11.1 Å². The summed E-state index contributed by atoms with van der Waals surface area (Å²) in [6.07, 6.45) is 0.632. The summed E-state index contributed by atoms with van der Waals surface area (Å²) in [5.74, 6) is 0.598. The average molecular weight is 475 g/mol. The van der Waals surface area contributed by atoms with Crippen molar-refractivity contribution in [3.8, 4) is 11.3 Å². The Kier molecular flexibility index (Phi) is 7.49. The van der Waals surface area contributed by atoms with Gasteiger partial charge in [0.25, 0.3) is 0 Å². The third-order valence-electron chi connectivity index (χ3n) is 5.05. The molecule has 2 heterocycles. The second kappa shape index (κ2) is 10.3. The van der Waals surface area contributed by atoms with E-state index in [4.69, 9.17) is 15.4 Å². The van der Waals surface area contributed by atoms with Crippen LogP contribution in [-0.4, -0.2) is 45.8 Å². The zero-order chi connectivity index (χ0) is 25.8. The van der Waals surface area contributed by atoms with E-state index >= 15 is 0 Å². The number of nitrogens with zero attached hydrogens (tertiary/aromatic N) is 4. The second-order valence-corrected chi connectivity index (χ2v) is 9.02. The minimum Gasteiger partial charge on any atom is -0.443 e. The number of pyridine rings is 2. The zero-order valence-corrected chi connectivity index (χ0v) is 20.7. The molecule has 3 rings (SSSR count). The van der Waals surface area contributed by atoms with Crippen LogP contribution in [0.1, 0.15) is 44.6 Å². The maximum atomic E-state index is 12.9. The van der Waals surface area contributed by atoms with E-state index in [1.54, 1.807) is 46.9 Å². The first-order valence-electron chi connectivity index (χ1n) is 11.0. The highest BCUT2D eigenvalue weighted by Gasteiger charge is 2.24. The molecule has 182 valence electrons. The molecule has 2 aromatic heterocycles. The van der Waals surface area contributed by atoms with Crippen LogP contribution in [0.3, 0.4) is 0 Å². The molecule has 35 heavy (non-hydrogen) atoms. The zero-order valence-electron chi connectivity index (χ0n) is 20.7. The highest BCUT2D eigenvalue weighted by Crippen LogP contribution is 2.34. The molecule has 0 unspecified atom stereocenters. The fourth-order valence-electron chi connectivity index (χ4n) is 3.35. The minimum atomic E-state index is -0.683. The summed E-state index contributed by atoms with van der Waals surface area (Å²) >= 11 is 0. The van der Waals surface area contributed by atoms with Gasteiger partial charge in [-0.05, 0) is 71.0 Å². The Hall–Kier alpha value is -4.27. The van der Waals surface area contributed by atoms with Gasteiger partial charge in [0, 0.05) is 30.1 Å². The molecule has 9 heteroatoms. The molecule has 0 saturated heterocycles. The largest absolute Gasteiger partial charge is 0.443 e. The first kappa shape index (κ1) is 25.4. The fourth-order valence-corrected chi connectivity index (χ4v) is 3.35. The summed E-state index contributed by atoms with van der Waals surface area (Å²) < 4.78 is 5.56. The van der Waals surface area contributed by atoms with Crippen molar-refractivity contribution in [2.75, 3.05) is 17.3 Å². The van der Waals surface area contributed by atoms with E-state index in [1.807, 2.05) is 43.3 Å². The Morgan fingerprint density at radius 1 is 1.17 bits per heavy atom. The molecular weight excluding hydrogens is 444 g/mol. The van der Waals surface area contributed by atoms with Gasteiger partial charge in [-0.1, -0.05) is 17.3 Å². The molecule has 9 nitrogen and oxygen atoms in total. The topological polar surface area (TPSA) is 124 Å². The van der Waals surface area contributed by atoms with Crippen molar-refractivity contribution >= 4 is 35.2 Å². The van der Waals surface area contributed by atoms with Gasteiger partial charge in [-0.25, -0.2) is 14.8 Å². The van der Waals surface area contributed by atoms with E-state index in [2.05, 4.69) is 20.4 Å². The van der Waals surface area contributed by atoms with Gasteiger partial charge in [0.1, 0.15) is 17.1 Å². The lowest BCUT2D eigenvalue weighted by molar-refractivity contribution is 0.0589. The number of carbonyl (C=O) groups excluding carboxylic acids is 1. The number of rotatable bonds is 6. The number of oxime groups is 1. The first-order valence-corrected chi connectivity index (χ1v) is 11.0. The standard InChI is InChI=1S/C26H30N6O3/c1-16-9-7-12-24(28-16)30-22-13-18(21-11-8-10-20(29-21)17(2)31-34)14-23(19(22)15-27)32(6)25(33)35-26(3,4)5/h7-15,27,34H,1-6H3,(H,28,30)/b27-15?,31-17-. The van der Waals surface area contributed by atoms with Crippen molar-refractivity contribution in [3.05, 3.63) is 65.5 Å². The van der Waals surface area contributed by atoms with E-state index in [-0.39, 0.29) is 0 Å². The van der Waals surface area contributed by atoms with Crippen LogP contribution in [0.4, 0.5) is 22.0 Å². The highest BCUT2D eigenvalue weighted by atomic mass is 16.6. The monoisotopic (exact) mass is 474 g/mol. The molecule has 1 amide bonds. The number of carbonyl (C=O) groups is 1. The van der Waals surface area contributed by atoms with Gasteiger partial charge in [-0.3, -0.25) is 4.90 Å². The molecule has 0 spiro atoms. The normalized spacial score (nSPS) is 11.7. The number of hydrogen-bond donors (Lipinski definition) is 3. The third kappa shape index (κ3) is 6.20. The van der Waals surface area contributed by atoms with Crippen molar-refractivity contribution in [1.29, 1.82) is 5.41 Å². The number of ether oxygens (including phenoxy) is 1. The van der Waals surface area contributed by atoms with Crippen LogP contribution >= 0.6 is 0 Å². The summed E-state index contributed by atoms with van der Waals surface area (Å²) in [6.45, 7) is 8.93. The van der Waals surface area contributed by atoms with E-state index < -0.39 is 11.7 Å². The predicted molar refractivity (Wildman–Crippen MR) is 138 cm³/mol. The van der Waals surface area contributed by atoms with Gasteiger partial charge in [0.05, 0.1) is 22.8 Å². The van der Waals surface area contributed by atoms with Gasteiger partial charge < -0.3 is 20.7 Å². The maximum Gasteiger partial charge on any atom is 0.414 e. The molecule has 1 aromatic carbocycles. The number of nitrogens with one attached hydrogen (secondary N) is 2. The molecule has 3 N–H and O–H groups in total. The summed E-state index contributed by atoms with van der Waals surface area (Å²) in [4.78, 5) is 23.4. The number of aryl methyl sites for hydroxylation is 1. The van der Waals surface area contributed by atoms with Crippen molar-refractivity contribution < 1.29 is 14.7 Å². The van der Waals surface area contributed by atoms with Crippen LogP contribution in [-0.2, 0) is 4.74 Å². The molecule has 3 aromatic rings. The van der Waals surface area contributed by atoms with Gasteiger partial charge in [-0.15, -0.1) is 0 Å². The quantitative estimate of drug-likeness (QED) is 0.237. The van der Waals surface area contributed by atoms with Crippen LogP contribution in [0.2, 0.25) is 0 Å². The Morgan fingerprint density at radius 3 is 2.51 bits per heavy atom. The van der Waals surface area contributed by atoms with Crippen LogP contribution in [0.25, 0.3) is 11.3 Å². The number of benzene rings is 1. The molecule has 0 fully saturated rings. The van der Waals surface area contributed by atoms with Crippen molar-refractivity contribution in [3.63, 3.8) is 0 Å². The lowest BCUT2D eigenvalue weighted by Crippen LogP contribution is -2.34. The molecule has 0 radical (unpaired) electrons. The lowest BCUT2D eigenvalue weighted by atomic mass is 10.0. The van der Waals surface area contributed by atoms with Crippen molar-refractivity contribution in [2.45, 2.75) is 40.2 Å². The molecule has 0 aliphatic heterocycles. The second-order valence-electron chi connectivity index (χ2n) is 9.02. The lowest BCUT2D eigenvalue weighted by Gasteiger charge is -2.27. The van der Waals surface area contributed by atoms with Gasteiger partial charge >= 0.3 is 6.09 Å². The third-order valence-corrected chi connectivity index (χ3v) is 5.05. The average Bonchev–Trinajstić information content (AvgIpc) is 2.81. The van der Waals surface area contributed by atoms with Crippen LogP contribution in [0.5, 0.6) is 0 Å². The van der Waals surface area contributed by atoms with Crippen LogP contribution in [0, 0.1) is 12.3 Å². The number of amides is 1. The van der Waals surface area contributed by atoms with Gasteiger partial charge in [0.2, 0.25) is 0 Å². The van der Waals surface area contributed by atoms with E-state index in [9.17, 15) is 4.79 Å². The molecule has 0 bridgehead atoms. The highest BCUT2D eigenvalue weighted by molar-refractivity contribution is 6.02. The summed E-state index contributed by atoms with van der Waals surface area (Å²) in [5.41, 5.74) is 3.83. The fraction of sp³-hybridized carbons (Fsp3) is 0.269. The molecular formula is C26H30N6O3. The Balaban J connectivity index is 2.20. The van der Waals surface area contributed by atoms with Crippen LogP contribution < -0.4 is 10.2 Å². The Labute approximate surface area is 205 Å². The maximum absolute atomic E-state index is 12.9. The summed E-state index contributed by atoms with van der Waals surface area (Å²) in [6, 6.07) is 14.6. The smallest absolute Gasteiger partial charge is 0.414 e. The predicted octanol–water partition coefficient (Wildman–Crippen LogP) is 5.76. The minimum absolute atomic E-state index is 0.372. The van der Waals surface area contributed by atoms with Gasteiger partial charge in [-0.2, -0.15) is 0 Å². The van der Waals surface area contributed by atoms with Crippen molar-refractivity contribution in [1.82, 2.24) is 9.97 Å². The first-order chi connectivity index (χ1) is 16.5. The molecule has 0 aliphatic rings. The van der Waals surface area contributed by atoms with Crippen molar-refractivity contribution in [2.24, 2.45) is 5.16 Å². The van der Waals surface area contributed by atoms with Gasteiger partial charge in [0.15, 0.2) is 0 Å². The summed E-state index contributed by atoms with van der Waals surface area (Å²) in [7, 11) is 1.60. The molecule has 0 saturated carbocycles. The van der Waals surface area contributed by atoms with Crippen LogP contribution in [0.15, 0.2) is 53.7 Å². The summed E-state index contributed by atoms with van der Waals surface area (Å²) in [5, 5.41) is 23.8. The molecule has 0 atom stereocenters. The number of hydrogen-bond acceptors (Lipinski definition) is 8.